The van der Waals surface area contributed by atoms with E-state index in [2.05, 4.69) is 19.9 Å². The van der Waals surface area contributed by atoms with Crippen LogP contribution in [-0.4, -0.2) is 37.6 Å². The largest absolute Gasteiger partial charge is 0.369 e. The van der Waals surface area contributed by atoms with E-state index >= 15 is 0 Å². The quantitative estimate of drug-likeness (QED) is 0.370. The third kappa shape index (κ3) is 4.02. The van der Waals surface area contributed by atoms with Crippen molar-refractivity contribution in [1.29, 1.82) is 0 Å². The van der Waals surface area contributed by atoms with Crippen LogP contribution < -0.4 is 10.5 Å². The maximum atomic E-state index is 14.7. The van der Waals surface area contributed by atoms with E-state index < -0.39 is 24.1 Å². The molecule has 0 unspecified atom stereocenters. The standard InChI is InChI=1S/C28H27F3N6O/c1-16-4-3-5-20(29)24(16)36-12-7-18(8-13-36)19-14-21-26(35-17(2)15-34-21)37(27(19)38)22-6-9-28(30,31)25-23(22)32-10-11-33-25/h3-5,10-11,14-15,18,22H,6-9,12-13H2,1-2H3/t22-/m0/s1. The summed E-state index contributed by atoms with van der Waals surface area (Å²) in [6.45, 7) is 4.85. The van der Waals surface area contributed by atoms with Crippen molar-refractivity contribution in [2.45, 2.75) is 57.4 Å². The molecule has 1 aliphatic carbocycles. The van der Waals surface area contributed by atoms with E-state index in [1.54, 1.807) is 25.3 Å². The van der Waals surface area contributed by atoms with Crippen LogP contribution >= 0.6 is 0 Å². The molecular formula is C28H27F3N6O. The number of piperidine rings is 1. The van der Waals surface area contributed by atoms with Crippen molar-refractivity contribution in [3.05, 3.63) is 87.2 Å². The molecular weight excluding hydrogens is 493 g/mol. The molecule has 1 saturated heterocycles. The lowest BCUT2D eigenvalue weighted by molar-refractivity contribution is -0.0320. The maximum Gasteiger partial charge on any atom is 0.291 e. The van der Waals surface area contributed by atoms with Gasteiger partial charge in [0, 0.05) is 43.7 Å². The van der Waals surface area contributed by atoms with Crippen molar-refractivity contribution in [3.63, 3.8) is 0 Å². The minimum atomic E-state index is -3.11. The summed E-state index contributed by atoms with van der Waals surface area (Å²) in [5.74, 6) is -3.46. The first-order valence-electron chi connectivity index (χ1n) is 12.8. The van der Waals surface area contributed by atoms with Crippen LogP contribution in [0.25, 0.3) is 11.2 Å². The Labute approximate surface area is 217 Å². The van der Waals surface area contributed by atoms with Crippen LogP contribution in [-0.2, 0) is 5.92 Å². The summed E-state index contributed by atoms with van der Waals surface area (Å²) in [4.78, 5) is 33.5. The molecule has 6 rings (SSSR count). The molecule has 7 nitrogen and oxygen atoms in total. The van der Waals surface area contributed by atoms with Gasteiger partial charge in [-0.05, 0) is 56.7 Å². The number of hydrogen-bond donors (Lipinski definition) is 0. The topological polar surface area (TPSA) is 76.8 Å². The van der Waals surface area contributed by atoms with Crippen LogP contribution in [0.5, 0.6) is 0 Å². The molecule has 1 fully saturated rings. The van der Waals surface area contributed by atoms with E-state index in [1.807, 2.05) is 17.9 Å². The molecule has 4 aromatic rings. The number of alkyl halides is 2. The minimum Gasteiger partial charge on any atom is -0.369 e. The van der Waals surface area contributed by atoms with Crippen molar-refractivity contribution in [3.8, 4) is 0 Å². The number of halogens is 3. The average Bonchev–Trinajstić information content (AvgIpc) is 2.90. The van der Waals surface area contributed by atoms with E-state index in [0.717, 1.165) is 5.56 Å². The van der Waals surface area contributed by atoms with Gasteiger partial charge in [0.2, 0.25) is 0 Å². The van der Waals surface area contributed by atoms with E-state index in [0.29, 0.717) is 54.0 Å². The first-order valence-corrected chi connectivity index (χ1v) is 12.8. The fraction of sp³-hybridized carbons (Fsp3) is 0.393. The number of hydrogen-bond acceptors (Lipinski definition) is 6. The molecule has 196 valence electrons. The summed E-state index contributed by atoms with van der Waals surface area (Å²) in [7, 11) is 0. The normalized spacial score (nSPS) is 19.5. The Kier molecular flexibility index (Phi) is 5.92. The molecule has 0 radical (unpaired) electrons. The number of aryl methyl sites for hydroxylation is 2. The van der Waals surface area contributed by atoms with Gasteiger partial charge >= 0.3 is 0 Å². The fourth-order valence-electron chi connectivity index (χ4n) is 5.92. The van der Waals surface area contributed by atoms with Gasteiger partial charge in [-0.25, -0.2) is 9.37 Å². The van der Waals surface area contributed by atoms with Gasteiger partial charge in [0.1, 0.15) is 17.0 Å². The summed E-state index contributed by atoms with van der Waals surface area (Å²) in [5.41, 5.74) is 2.97. The summed E-state index contributed by atoms with van der Waals surface area (Å²) in [6, 6.07) is 6.10. The lowest BCUT2D eigenvalue weighted by Gasteiger charge is -2.35. The van der Waals surface area contributed by atoms with Crippen LogP contribution in [0.2, 0.25) is 0 Å². The monoisotopic (exact) mass is 520 g/mol. The van der Waals surface area contributed by atoms with Gasteiger partial charge in [0.15, 0.2) is 5.65 Å². The first-order chi connectivity index (χ1) is 18.2. The maximum absolute atomic E-state index is 14.7. The number of fused-ring (bicyclic) bond motifs is 2. The summed E-state index contributed by atoms with van der Waals surface area (Å²) >= 11 is 0. The summed E-state index contributed by atoms with van der Waals surface area (Å²) in [6.07, 6.45) is 5.13. The van der Waals surface area contributed by atoms with Gasteiger partial charge in [-0.15, -0.1) is 0 Å². The highest BCUT2D eigenvalue weighted by molar-refractivity contribution is 5.71. The van der Waals surface area contributed by atoms with Crippen LogP contribution in [0.1, 0.15) is 65.9 Å². The molecule has 1 aliphatic heterocycles. The third-order valence-electron chi connectivity index (χ3n) is 7.76. The van der Waals surface area contributed by atoms with E-state index in [1.165, 1.54) is 23.0 Å². The first kappa shape index (κ1) is 24.5. The predicted octanol–water partition coefficient (Wildman–Crippen LogP) is 5.20. The highest BCUT2D eigenvalue weighted by Crippen LogP contribution is 2.44. The van der Waals surface area contributed by atoms with Gasteiger partial charge in [-0.3, -0.25) is 24.3 Å². The highest BCUT2D eigenvalue weighted by Gasteiger charge is 2.44. The Morgan fingerprint density at radius 3 is 2.55 bits per heavy atom. The average molecular weight is 521 g/mol. The Bertz CT molecular complexity index is 1580. The number of benzene rings is 1. The van der Waals surface area contributed by atoms with Crippen molar-refractivity contribution in [2.24, 2.45) is 0 Å². The van der Waals surface area contributed by atoms with E-state index in [4.69, 9.17) is 0 Å². The zero-order chi connectivity index (χ0) is 26.6. The van der Waals surface area contributed by atoms with Gasteiger partial charge in [0.05, 0.1) is 23.1 Å². The van der Waals surface area contributed by atoms with Crippen molar-refractivity contribution in [2.75, 3.05) is 18.0 Å². The van der Waals surface area contributed by atoms with Crippen LogP contribution in [0.3, 0.4) is 0 Å². The van der Waals surface area contributed by atoms with E-state index in [-0.39, 0.29) is 29.4 Å². The Balaban J connectivity index is 1.43. The van der Waals surface area contributed by atoms with Crippen molar-refractivity contribution in [1.82, 2.24) is 24.5 Å². The number of para-hydroxylation sites is 1. The second-order valence-corrected chi connectivity index (χ2v) is 10.2. The molecule has 0 bridgehead atoms. The molecule has 3 aromatic heterocycles. The molecule has 2 aliphatic rings. The predicted molar refractivity (Wildman–Crippen MR) is 137 cm³/mol. The second kappa shape index (κ2) is 9.18. The Hall–Kier alpha value is -3.82. The molecule has 10 heteroatoms. The summed E-state index contributed by atoms with van der Waals surface area (Å²) < 4.78 is 45.5. The molecule has 4 heterocycles. The van der Waals surface area contributed by atoms with Crippen molar-refractivity contribution < 1.29 is 13.2 Å². The van der Waals surface area contributed by atoms with Crippen LogP contribution in [0.4, 0.5) is 18.9 Å². The fourth-order valence-corrected chi connectivity index (χ4v) is 5.92. The van der Waals surface area contributed by atoms with Crippen molar-refractivity contribution >= 4 is 16.9 Å². The van der Waals surface area contributed by atoms with Gasteiger partial charge in [-0.1, -0.05) is 12.1 Å². The third-order valence-corrected chi connectivity index (χ3v) is 7.76. The Morgan fingerprint density at radius 2 is 1.79 bits per heavy atom. The van der Waals surface area contributed by atoms with Gasteiger partial charge in [-0.2, -0.15) is 8.78 Å². The molecule has 1 atom stereocenters. The number of nitrogens with zero attached hydrogens (tertiary/aromatic N) is 6. The number of rotatable bonds is 3. The summed E-state index contributed by atoms with van der Waals surface area (Å²) in [5, 5.41) is 0. The van der Waals surface area contributed by atoms with E-state index in [9.17, 15) is 18.0 Å². The molecule has 0 saturated carbocycles. The lowest BCUT2D eigenvalue weighted by atomic mass is 9.88. The lowest BCUT2D eigenvalue weighted by Crippen LogP contribution is -2.38. The number of anilines is 1. The molecule has 38 heavy (non-hydrogen) atoms. The van der Waals surface area contributed by atoms with Gasteiger partial charge in [0.25, 0.3) is 11.5 Å². The molecule has 0 spiro atoms. The van der Waals surface area contributed by atoms with Gasteiger partial charge < -0.3 is 4.90 Å². The second-order valence-electron chi connectivity index (χ2n) is 10.2. The Morgan fingerprint density at radius 1 is 1.03 bits per heavy atom. The van der Waals surface area contributed by atoms with Crippen LogP contribution in [0.15, 0.2) is 47.7 Å². The number of pyridine rings is 1. The smallest absolute Gasteiger partial charge is 0.291 e. The minimum absolute atomic E-state index is 0.0256. The number of aromatic nitrogens is 5. The molecule has 1 aromatic carbocycles. The molecule has 0 N–H and O–H groups in total. The highest BCUT2D eigenvalue weighted by atomic mass is 19.3. The zero-order valence-electron chi connectivity index (χ0n) is 21.2. The molecule has 0 amide bonds. The SMILES string of the molecule is Cc1cnc2cc(C3CCN(c4c(C)cccc4F)CC3)c(=O)n([C@H]3CCC(F)(F)c4nccnc43)c2n1. The zero-order valence-corrected chi connectivity index (χ0v) is 21.2. The van der Waals surface area contributed by atoms with Crippen LogP contribution in [0, 0.1) is 19.7 Å².